The van der Waals surface area contributed by atoms with E-state index in [1.807, 2.05) is 0 Å². The van der Waals surface area contributed by atoms with Gasteiger partial charge >= 0.3 is 0 Å². The molecule has 0 unspecified atom stereocenters. The molecule has 3 rings (SSSR count). The third-order valence-corrected chi connectivity index (χ3v) is 6.40. The fraction of sp³-hybridized carbons (Fsp3) is 0.0625. The Bertz CT molecular complexity index is 991. The van der Waals surface area contributed by atoms with Gasteiger partial charge in [-0.25, -0.2) is 21.9 Å². The van der Waals surface area contributed by atoms with Crippen LogP contribution in [0.4, 0.5) is 8.78 Å². The van der Waals surface area contributed by atoms with Gasteiger partial charge in [0.15, 0.2) is 0 Å². The van der Waals surface area contributed by atoms with Gasteiger partial charge in [0, 0.05) is 28.4 Å². The molecule has 9 heteroatoms. The number of benzene rings is 1. The molecule has 0 spiro atoms. The van der Waals surface area contributed by atoms with Crippen molar-refractivity contribution in [2.75, 3.05) is 0 Å². The molecule has 0 atom stereocenters. The van der Waals surface area contributed by atoms with Crippen LogP contribution in [0.25, 0.3) is 0 Å². The number of ketones is 1. The Morgan fingerprint density at radius 3 is 2.44 bits per heavy atom. The molecule has 2 heterocycles. The van der Waals surface area contributed by atoms with Crippen molar-refractivity contribution in [3.05, 3.63) is 74.1 Å². The first-order chi connectivity index (χ1) is 11.8. The zero-order chi connectivity index (χ0) is 18.0. The van der Waals surface area contributed by atoms with Gasteiger partial charge in [0.25, 0.3) is 0 Å². The minimum absolute atomic E-state index is 0.0813. The van der Waals surface area contributed by atoms with Crippen molar-refractivity contribution in [2.45, 2.75) is 11.4 Å². The van der Waals surface area contributed by atoms with E-state index < -0.39 is 26.6 Å². The van der Waals surface area contributed by atoms with Crippen molar-refractivity contribution >= 4 is 38.5 Å². The highest BCUT2D eigenvalue weighted by Crippen LogP contribution is 2.22. The Labute approximate surface area is 150 Å². The van der Waals surface area contributed by atoms with Crippen LogP contribution < -0.4 is 4.72 Å². The van der Waals surface area contributed by atoms with E-state index in [1.54, 1.807) is 29.0 Å². The highest BCUT2D eigenvalue weighted by molar-refractivity contribution is 7.89. The summed E-state index contributed by atoms with van der Waals surface area (Å²) in [6.07, 6.45) is 0. The summed E-state index contributed by atoms with van der Waals surface area (Å²) >= 11 is 2.58. The van der Waals surface area contributed by atoms with Crippen molar-refractivity contribution in [2.24, 2.45) is 0 Å². The number of nitrogens with one attached hydrogen (secondary N) is 1. The molecule has 0 amide bonds. The maximum absolute atomic E-state index is 13.2. The van der Waals surface area contributed by atoms with Crippen molar-refractivity contribution in [3.8, 4) is 0 Å². The van der Waals surface area contributed by atoms with Crippen molar-refractivity contribution in [3.63, 3.8) is 0 Å². The summed E-state index contributed by atoms with van der Waals surface area (Å²) in [4.78, 5) is 12.8. The average molecular weight is 399 g/mol. The smallest absolute Gasteiger partial charge is 0.241 e. The number of thiophene rings is 2. The number of hydrogen-bond donors (Lipinski definition) is 1. The first-order valence-electron chi connectivity index (χ1n) is 6.96. The van der Waals surface area contributed by atoms with E-state index in [0.29, 0.717) is 21.4 Å². The lowest BCUT2D eigenvalue weighted by molar-refractivity contribution is 0.104. The van der Waals surface area contributed by atoms with E-state index >= 15 is 0 Å². The van der Waals surface area contributed by atoms with Crippen LogP contribution in [0.3, 0.4) is 0 Å². The molecular weight excluding hydrogens is 388 g/mol. The van der Waals surface area contributed by atoms with Crippen LogP contribution in [0.1, 0.15) is 20.1 Å². The molecule has 0 aliphatic heterocycles. The summed E-state index contributed by atoms with van der Waals surface area (Å²) in [5.74, 6) is -2.08. The summed E-state index contributed by atoms with van der Waals surface area (Å²) in [5.41, 5.74) is 0.578. The van der Waals surface area contributed by atoms with Gasteiger partial charge in [-0.15, -0.1) is 11.3 Å². The molecule has 0 radical (unpaired) electrons. The second-order valence-corrected chi connectivity index (χ2v) is 8.75. The highest BCUT2D eigenvalue weighted by Gasteiger charge is 2.18. The number of rotatable bonds is 6. The number of carbonyl (C=O) groups is 1. The lowest BCUT2D eigenvalue weighted by atomic mass is 10.2. The van der Waals surface area contributed by atoms with Crippen LogP contribution in [0.5, 0.6) is 0 Å². The van der Waals surface area contributed by atoms with Crippen LogP contribution in [0.15, 0.2) is 52.1 Å². The first-order valence-corrected chi connectivity index (χ1v) is 10.2. The third kappa shape index (κ3) is 4.18. The lowest BCUT2D eigenvalue weighted by Gasteiger charge is -2.06. The van der Waals surface area contributed by atoms with Crippen molar-refractivity contribution in [1.29, 1.82) is 0 Å². The lowest BCUT2D eigenvalue weighted by Crippen LogP contribution is -2.23. The van der Waals surface area contributed by atoms with Gasteiger partial charge in [0.1, 0.15) is 11.6 Å². The second-order valence-electron chi connectivity index (χ2n) is 5.04. The maximum Gasteiger partial charge on any atom is 0.241 e. The van der Waals surface area contributed by atoms with E-state index in [1.165, 1.54) is 11.3 Å². The zero-order valence-corrected chi connectivity index (χ0v) is 15.0. The summed E-state index contributed by atoms with van der Waals surface area (Å²) in [6.45, 7) is -0.0813. The molecular formula is C16H11F2NO3S3. The molecule has 0 aliphatic rings. The number of hydrogen-bond acceptors (Lipinski definition) is 5. The highest BCUT2D eigenvalue weighted by atomic mass is 32.2. The van der Waals surface area contributed by atoms with Crippen LogP contribution in [-0.2, 0) is 16.6 Å². The zero-order valence-electron chi connectivity index (χ0n) is 12.5. The fourth-order valence-electron chi connectivity index (χ4n) is 2.06. The Balaban J connectivity index is 1.72. The van der Waals surface area contributed by atoms with E-state index in [2.05, 4.69) is 4.72 Å². The van der Waals surface area contributed by atoms with Crippen molar-refractivity contribution in [1.82, 2.24) is 4.72 Å². The van der Waals surface area contributed by atoms with Gasteiger partial charge in [0.2, 0.25) is 15.8 Å². The van der Waals surface area contributed by atoms with Crippen LogP contribution in [0.2, 0.25) is 0 Å². The first kappa shape index (κ1) is 17.9. The molecule has 1 N–H and O–H groups in total. The molecule has 0 fully saturated rings. The largest absolute Gasteiger partial charge is 0.288 e. The van der Waals surface area contributed by atoms with Gasteiger partial charge in [0.05, 0.1) is 9.77 Å². The standard InChI is InChI=1S/C16H11F2NO3S3/c17-11-5-12(18)7-14(6-11)25(21,22)19-8-13-1-2-15(24-13)16(20)10-3-4-23-9-10/h1-7,9,19H,8H2. The molecule has 25 heavy (non-hydrogen) atoms. The average Bonchev–Trinajstić information content (AvgIpc) is 3.23. The van der Waals surface area contributed by atoms with E-state index in [-0.39, 0.29) is 12.3 Å². The molecule has 1 aromatic carbocycles. The van der Waals surface area contributed by atoms with Gasteiger partial charge in [-0.1, -0.05) is 0 Å². The fourth-order valence-corrected chi connectivity index (χ4v) is 4.75. The predicted octanol–water partition coefficient (Wildman–Crippen LogP) is 3.80. The SMILES string of the molecule is O=C(c1ccsc1)c1ccc(CNS(=O)(=O)c2cc(F)cc(F)c2)s1. The van der Waals surface area contributed by atoms with Crippen LogP contribution >= 0.6 is 22.7 Å². The summed E-state index contributed by atoms with van der Waals surface area (Å²) in [5, 5.41) is 3.54. The summed E-state index contributed by atoms with van der Waals surface area (Å²) in [7, 11) is -4.06. The summed E-state index contributed by atoms with van der Waals surface area (Å²) < 4.78 is 52.9. The Morgan fingerprint density at radius 1 is 1.08 bits per heavy atom. The van der Waals surface area contributed by atoms with E-state index in [4.69, 9.17) is 0 Å². The predicted molar refractivity (Wildman–Crippen MR) is 92.5 cm³/mol. The van der Waals surface area contributed by atoms with Gasteiger partial charge in [-0.05, 0) is 35.7 Å². The number of halogens is 2. The summed E-state index contributed by atoms with van der Waals surface area (Å²) in [6, 6.07) is 7.06. The normalized spacial score (nSPS) is 11.6. The molecule has 2 aromatic heterocycles. The Kier molecular flexibility index (Phi) is 5.09. The minimum atomic E-state index is -4.06. The maximum atomic E-state index is 13.2. The topological polar surface area (TPSA) is 63.2 Å². The third-order valence-electron chi connectivity index (χ3n) is 3.25. The van der Waals surface area contributed by atoms with Gasteiger partial charge < -0.3 is 0 Å². The molecule has 0 saturated heterocycles. The van der Waals surface area contributed by atoms with Crippen molar-refractivity contribution < 1.29 is 22.0 Å². The number of carbonyl (C=O) groups excluding carboxylic acids is 1. The van der Waals surface area contributed by atoms with Crippen LogP contribution in [0, 0.1) is 11.6 Å². The molecule has 3 aromatic rings. The Morgan fingerprint density at radius 2 is 1.80 bits per heavy atom. The second kappa shape index (κ2) is 7.12. The molecule has 130 valence electrons. The number of sulfonamides is 1. The van der Waals surface area contributed by atoms with E-state index in [9.17, 15) is 22.0 Å². The van der Waals surface area contributed by atoms with E-state index in [0.717, 1.165) is 23.5 Å². The van der Waals surface area contributed by atoms with Gasteiger partial charge in [-0.2, -0.15) is 11.3 Å². The monoisotopic (exact) mass is 399 g/mol. The molecule has 0 bridgehead atoms. The molecule has 0 saturated carbocycles. The Hall–Kier alpha value is -1.94. The quantitative estimate of drug-likeness (QED) is 0.642. The van der Waals surface area contributed by atoms with Gasteiger partial charge in [-0.3, -0.25) is 4.79 Å². The molecule has 4 nitrogen and oxygen atoms in total. The van der Waals surface area contributed by atoms with Crippen LogP contribution in [-0.4, -0.2) is 14.2 Å². The molecule has 0 aliphatic carbocycles. The minimum Gasteiger partial charge on any atom is -0.288 e.